The number of fused-ring (bicyclic) bond motifs is 1. The van der Waals surface area contributed by atoms with Gasteiger partial charge < -0.3 is 19.4 Å². The topological polar surface area (TPSA) is 86.9 Å². The van der Waals surface area contributed by atoms with Crippen molar-refractivity contribution in [3.05, 3.63) is 82.9 Å². The van der Waals surface area contributed by atoms with E-state index in [1.54, 1.807) is 38.7 Å². The Morgan fingerprint density at radius 1 is 1.00 bits per heavy atom. The van der Waals surface area contributed by atoms with E-state index in [4.69, 9.17) is 9.47 Å². The average Bonchev–Trinajstić information content (AvgIpc) is 3.29. The molecular weight excluding hydrogens is 420 g/mol. The summed E-state index contributed by atoms with van der Waals surface area (Å²) in [6.07, 6.45) is 4.97. The van der Waals surface area contributed by atoms with Crippen molar-refractivity contribution in [2.75, 3.05) is 20.8 Å². The van der Waals surface area contributed by atoms with Gasteiger partial charge in [-0.2, -0.15) is 5.10 Å². The highest BCUT2D eigenvalue weighted by molar-refractivity contribution is 5.76. The summed E-state index contributed by atoms with van der Waals surface area (Å²) in [5.74, 6) is 0.990. The van der Waals surface area contributed by atoms with Crippen molar-refractivity contribution in [3.63, 3.8) is 0 Å². The van der Waals surface area contributed by atoms with Crippen LogP contribution in [0.3, 0.4) is 0 Å². The third-order valence-corrected chi connectivity index (χ3v) is 5.40. The van der Waals surface area contributed by atoms with Crippen molar-refractivity contribution in [2.24, 2.45) is 0 Å². The third kappa shape index (κ3) is 5.06. The molecule has 0 radical (unpaired) electrons. The van der Waals surface area contributed by atoms with Crippen molar-refractivity contribution < 1.29 is 14.3 Å². The van der Waals surface area contributed by atoms with Crippen LogP contribution in [0.4, 0.5) is 0 Å². The number of aryl methyl sites for hydroxylation is 1. The van der Waals surface area contributed by atoms with E-state index in [2.05, 4.69) is 22.5 Å². The highest BCUT2D eigenvalue weighted by Gasteiger charge is 2.13. The summed E-state index contributed by atoms with van der Waals surface area (Å²) in [5.41, 5.74) is 2.75. The van der Waals surface area contributed by atoms with Crippen LogP contribution in [0.1, 0.15) is 12.0 Å². The van der Waals surface area contributed by atoms with Gasteiger partial charge in [-0.05, 0) is 42.7 Å². The number of nitrogens with one attached hydrogen (secondary N) is 1. The molecule has 0 saturated carbocycles. The van der Waals surface area contributed by atoms with Crippen LogP contribution in [-0.4, -0.2) is 40.9 Å². The SMILES string of the molecule is COc1ccc(-c2cc3c(=O)n(CC(=O)NCCCc4ccccc4)ccn3n2)cc1OC. The molecule has 8 nitrogen and oxygen atoms in total. The van der Waals surface area contributed by atoms with Gasteiger partial charge in [0.1, 0.15) is 12.1 Å². The van der Waals surface area contributed by atoms with Crippen LogP contribution in [0.25, 0.3) is 16.8 Å². The summed E-state index contributed by atoms with van der Waals surface area (Å²) in [4.78, 5) is 25.3. The number of benzene rings is 2. The van der Waals surface area contributed by atoms with Gasteiger partial charge in [0.2, 0.25) is 5.91 Å². The quantitative estimate of drug-likeness (QED) is 0.400. The van der Waals surface area contributed by atoms with E-state index in [1.165, 1.54) is 14.6 Å². The number of ether oxygens (including phenoxy) is 2. The first kappa shape index (κ1) is 22.1. The van der Waals surface area contributed by atoms with Crippen LogP contribution in [-0.2, 0) is 17.8 Å². The minimum absolute atomic E-state index is 0.0441. The second-order valence-corrected chi connectivity index (χ2v) is 7.60. The zero-order valence-corrected chi connectivity index (χ0v) is 18.7. The molecule has 33 heavy (non-hydrogen) atoms. The maximum atomic E-state index is 12.9. The van der Waals surface area contributed by atoms with Crippen molar-refractivity contribution >= 4 is 11.4 Å². The lowest BCUT2D eigenvalue weighted by Crippen LogP contribution is -2.33. The van der Waals surface area contributed by atoms with Gasteiger partial charge in [-0.1, -0.05) is 30.3 Å². The Balaban J connectivity index is 1.44. The van der Waals surface area contributed by atoms with E-state index in [9.17, 15) is 9.59 Å². The van der Waals surface area contributed by atoms with Crippen molar-refractivity contribution in [2.45, 2.75) is 19.4 Å². The standard InChI is InChI=1S/C25H26N4O4/c1-32-22-11-10-19(15-23(22)33-2)20-16-21-25(31)28(13-14-29(21)27-20)17-24(30)26-12-6-9-18-7-4-3-5-8-18/h3-5,7-8,10-11,13-16H,6,9,12,17H2,1-2H3,(H,26,30). The minimum Gasteiger partial charge on any atom is -0.493 e. The van der Waals surface area contributed by atoms with Crippen LogP contribution in [0.15, 0.2) is 71.8 Å². The summed E-state index contributed by atoms with van der Waals surface area (Å²) in [5, 5.41) is 7.38. The molecule has 1 N–H and O–H groups in total. The zero-order valence-electron chi connectivity index (χ0n) is 18.7. The summed E-state index contributed by atoms with van der Waals surface area (Å²) in [6.45, 7) is 0.512. The molecule has 0 unspecified atom stereocenters. The molecule has 8 heteroatoms. The Bertz CT molecular complexity index is 1310. The molecule has 0 fully saturated rings. The number of rotatable bonds is 9. The van der Waals surface area contributed by atoms with Crippen molar-refractivity contribution in [3.8, 4) is 22.8 Å². The largest absolute Gasteiger partial charge is 0.493 e. The van der Waals surface area contributed by atoms with Gasteiger partial charge in [-0.15, -0.1) is 0 Å². The van der Waals surface area contributed by atoms with E-state index in [0.717, 1.165) is 18.4 Å². The number of carbonyl (C=O) groups is 1. The molecule has 0 saturated heterocycles. The third-order valence-electron chi connectivity index (χ3n) is 5.40. The molecule has 0 aliphatic carbocycles. The molecule has 0 spiro atoms. The smallest absolute Gasteiger partial charge is 0.277 e. The first-order chi connectivity index (χ1) is 16.1. The number of hydrogen-bond acceptors (Lipinski definition) is 5. The second kappa shape index (κ2) is 10.0. The molecule has 2 heterocycles. The van der Waals surface area contributed by atoms with Crippen LogP contribution in [0.5, 0.6) is 11.5 Å². The predicted molar refractivity (Wildman–Crippen MR) is 126 cm³/mol. The van der Waals surface area contributed by atoms with Gasteiger partial charge in [0, 0.05) is 24.5 Å². The summed E-state index contributed by atoms with van der Waals surface area (Å²) >= 11 is 0. The molecule has 4 rings (SSSR count). The fourth-order valence-corrected chi connectivity index (χ4v) is 3.66. The summed E-state index contributed by atoms with van der Waals surface area (Å²) < 4.78 is 13.5. The highest BCUT2D eigenvalue weighted by Crippen LogP contribution is 2.31. The van der Waals surface area contributed by atoms with Crippen molar-refractivity contribution in [1.82, 2.24) is 19.5 Å². The van der Waals surface area contributed by atoms with Gasteiger partial charge >= 0.3 is 0 Å². The Kier molecular flexibility index (Phi) is 6.73. The maximum Gasteiger partial charge on any atom is 0.277 e. The van der Waals surface area contributed by atoms with Crippen LogP contribution in [0, 0.1) is 0 Å². The lowest BCUT2D eigenvalue weighted by atomic mass is 10.1. The highest BCUT2D eigenvalue weighted by atomic mass is 16.5. The maximum absolute atomic E-state index is 12.9. The number of hydrogen-bond donors (Lipinski definition) is 1. The fourth-order valence-electron chi connectivity index (χ4n) is 3.66. The number of methoxy groups -OCH3 is 2. The Morgan fingerprint density at radius 2 is 1.79 bits per heavy atom. The fraction of sp³-hybridized carbons (Fsp3) is 0.240. The molecular formula is C25H26N4O4. The van der Waals surface area contributed by atoms with Crippen LogP contribution < -0.4 is 20.3 Å². The lowest BCUT2D eigenvalue weighted by Gasteiger charge is -2.08. The average molecular weight is 447 g/mol. The van der Waals surface area contributed by atoms with E-state index >= 15 is 0 Å². The van der Waals surface area contributed by atoms with Gasteiger partial charge in [-0.3, -0.25) is 9.59 Å². The molecule has 2 aromatic carbocycles. The Hall–Kier alpha value is -4.07. The van der Waals surface area contributed by atoms with Crippen LogP contribution in [0.2, 0.25) is 0 Å². The van der Waals surface area contributed by atoms with E-state index in [1.807, 2.05) is 30.3 Å². The summed E-state index contributed by atoms with van der Waals surface area (Å²) in [7, 11) is 3.14. The monoisotopic (exact) mass is 446 g/mol. The molecule has 0 bridgehead atoms. The molecule has 170 valence electrons. The second-order valence-electron chi connectivity index (χ2n) is 7.60. The predicted octanol–water partition coefficient (Wildman–Crippen LogP) is 2.93. The Morgan fingerprint density at radius 3 is 2.55 bits per heavy atom. The number of nitrogens with zero attached hydrogens (tertiary/aromatic N) is 3. The molecule has 0 aliphatic rings. The lowest BCUT2D eigenvalue weighted by molar-refractivity contribution is -0.121. The molecule has 1 amide bonds. The zero-order chi connectivity index (χ0) is 23.2. The van der Waals surface area contributed by atoms with Gasteiger partial charge in [0.15, 0.2) is 11.5 Å². The normalized spacial score (nSPS) is 10.8. The van der Waals surface area contributed by atoms with E-state index in [-0.39, 0.29) is 18.0 Å². The van der Waals surface area contributed by atoms with E-state index in [0.29, 0.717) is 29.3 Å². The van der Waals surface area contributed by atoms with Gasteiger partial charge in [0.25, 0.3) is 5.56 Å². The molecule has 0 aliphatic heterocycles. The van der Waals surface area contributed by atoms with Gasteiger partial charge in [0.05, 0.1) is 19.9 Å². The number of amides is 1. The van der Waals surface area contributed by atoms with E-state index < -0.39 is 0 Å². The molecule has 2 aromatic heterocycles. The minimum atomic E-state index is -0.281. The van der Waals surface area contributed by atoms with Crippen molar-refractivity contribution in [1.29, 1.82) is 0 Å². The Labute approximate surface area is 191 Å². The summed E-state index contributed by atoms with van der Waals surface area (Å²) in [6, 6.07) is 17.3. The van der Waals surface area contributed by atoms with Crippen LogP contribution >= 0.6 is 0 Å². The number of aromatic nitrogens is 3. The molecule has 0 atom stereocenters. The van der Waals surface area contributed by atoms with Gasteiger partial charge in [-0.25, -0.2) is 4.52 Å². The number of carbonyl (C=O) groups excluding carboxylic acids is 1. The molecule has 4 aromatic rings. The first-order valence-electron chi connectivity index (χ1n) is 10.7. The first-order valence-corrected chi connectivity index (χ1v) is 10.7.